The number of hydrogen-bond acceptors (Lipinski definition) is 6. The van der Waals surface area contributed by atoms with Crippen molar-refractivity contribution in [2.45, 2.75) is 122 Å². The van der Waals surface area contributed by atoms with Gasteiger partial charge < -0.3 is 19.3 Å². The van der Waals surface area contributed by atoms with E-state index in [0.717, 1.165) is 32.1 Å². The normalized spacial score (nSPS) is 15.6. The summed E-state index contributed by atoms with van der Waals surface area (Å²) in [6.45, 7) is 10.4. The van der Waals surface area contributed by atoms with E-state index in [1.54, 1.807) is 31.2 Å². The van der Waals surface area contributed by atoms with E-state index < -0.39 is 41.4 Å². The van der Waals surface area contributed by atoms with Crippen molar-refractivity contribution in [1.29, 1.82) is 0 Å². The first-order valence-electron chi connectivity index (χ1n) is 16.2. The number of unbranched alkanes of at least 4 members (excludes halogenated alkanes) is 4. The molecule has 1 N–H and O–H groups in total. The van der Waals surface area contributed by atoms with E-state index in [-0.39, 0.29) is 31.8 Å². The lowest BCUT2D eigenvalue weighted by atomic mass is 9.86. The molecule has 0 radical (unpaired) electrons. The van der Waals surface area contributed by atoms with Gasteiger partial charge in [-0.1, -0.05) is 89.8 Å². The Balaban J connectivity index is 2.66. The maximum absolute atomic E-state index is 17.1. The van der Waals surface area contributed by atoms with Crippen LogP contribution in [0.15, 0.2) is 48.5 Å². The van der Waals surface area contributed by atoms with Crippen molar-refractivity contribution in [3.8, 4) is 0 Å². The summed E-state index contributed by atoms with van der Waals surface area (Å²) < 4.78 is 66.2. The van der Waals surface area contributed by atoms with Crippen molar-refractivity contribution in [3.05, 3.63) is 71.0 Å². The highest BCUT2D eigenvalue weighted by atomic mass is 19.3. The Labute approximate surface area is 262 Å². The molecule has 0 heterocycles. The van der Waals surface area contributed by atoms with E-state index in [0.29, 0.717) is 31.4 Å². The van der Waals surface area contributed by atoms with Crippen LogP contribution in [-0.2, 0) is 36.3 Å². The number of ether oxygens (including phenoxy) is 3. The summed E-state index contributed by atoms with van der Waals surface area (Å²) in [4.78, 5) is 10.7. The van der Waals surface area contributed by atoms with E-state index in [2.05, 4.69) is 0 Å². The van der Waals surface area contributed by atoms with Crippen molar-refractivity contribution < 1.29 is 42.3 Å². The molecule has 44 heavy (non-hydrogen) atoms. The van der Waals surface area contributed by atoms with Gasteiger partial charge in [0.1, 0.15) is 18.0 Å². The van der Waals surface area contributed by atoms with Gasteiger partial charge >= 0.3 is 5.92 Å². The van der Waals surface area contributed by atoms with Crippen LogP contribution in [-0.4, -0.2) is 55.6 Å². The highest BCUT2D eigenvalue weighted by Crippen LogP contribution is 2.46. The fourth-order valence-corrected chi connectivity index (χ4v) is 4.74. The molecule has 2 aromatic rings. The molecule has 2 aromatic carbocycles. The van der Waals surface area contributed by atoms with Crippen LogP contribution in [0.1, 0.15) is 103 Å². The Morgan fingerprint density at radius 1 is 0.727 bits per heavy atom. The number of benzene rings is 2. The van der Waals surface area contributed by atoms with E-state index in [9.17, 15) is 9.50 Å². The topological polar surface area (TPSA) is 66.4 Å². The Morgan fingerprint density at radius 2 is 1.27 bits per heavy atom. The fourth-order valence-electron chi connectivity index (χ4n) is 4.74. The molecule has 0 saturated heterocycles. The Hall–Kier alpha value is -2.01. The number of rotatable bonds is 24. The van der Waals surface area contributed by atoms with Crippen LogP contribution in [0, 0.1) is 5.82 Å². The van der Waals surface area contributed by atoms with Crippen LogP contribution < -0.4 is 0 Å². The van der Waals surface area contributed by atoms with Crippen LogP contribution in [0.2, 0.25) is 0 Å². The second-order valence-electron chi connectivity index (χ2n) is 11.3. The molecule has 0 spiro atoms. The maximum Gasteiger partial charge on any atom is 0.331 e. The molecule has 6 nitrogen and oxygen atoms in total. The summed E-state index contributed by atoms with van der Waals surface area (Å²) in [5.41, 5.74) is 0.414. The first-order chi connectivity index (χ1) is 21.2. The molecule has 250 valence electrons. The molecule has 0 saturated carbocycles. The molecule has 0 aliphatic heterocycles. The zero-order valence-corrected chi connectivity index (χ0v) is 27.2. The molecular formula is C35H53F3O6. The standard InChI is InChI=1S/C35H53F3O6/c1-6-10-22-40-27(5)32(41-23-11-7-2)33(42-24-12-8-3)35(39,44-43-25-13-9-4)34(37,38)31-17-15-14-16-29(31)26-28-18-20-30(36)21-19-28/h14-21,27,32-33,39H,6-13,22-26H2,1-5H3/t27-,32+,33-,35-/m1/s1. The second-order valence-corrected chi connectivity index (χ2v) is 11.3. The van der Waals surface area contributed by atoms with E-state index in [4.69, 9.17) is 24.0 Å². The summed E-state index contributed by atoms with van der Waals surface area (Å²) in [6.07, 6.45) is 2.36. The molecule has 0 bridgehead atoms. The van der Waals surface area contributed by atoms with Gasteiger partial charge in [0.2, 0.25) is 0 Å². The summed E-state index contributed by atoms with van der Waals surface area (Å²) in [7, 11) is 0. The van der Waals surface area contributed by atoms with Gasteiger partial charge in [-0.2, -0.15) is 13.7 Å². The van der Waals surface area contributed by atoms with Crippen LogP contribution in [0.4, 0.5) is 13.2 Å². The molecule has 0 fully saturated rings. The van der Waals surface area contributed by atoms with Crippen LogP contribution in [0.3, 0.4) is 0 Å². The van der Waals surface area contributed by atoms with Gasteiger partial charge in [-0.25, -0.2) is 9.28 Å². The lowest BCUT2D eigenvalue weighted by Crippen LogP contribution is -2.64. The van der Waals surface area contributed by atoms with Crippen LogP contribution in [0.25, 0.3) is 0 Å². The second kappa shape index (κ2) is 20.2. The van der Waals surface area contributed by atoms with E-state index in [1.165, 1.54) is 24.3 Å². The first-order valence-corrected chi connectivity index (χ1v) is 16.2. The summed E-state index contributed by atoms with van der Waals surface area (Å²) in [6, 6.07) is 11.6. The quantitative estimate of drug-likeness (QED) is 0.0545. The molecule has 0 aromatic heterocycles. The zero-order valence-electron chi connectivity index (χ0n) is 27.2. The number of alkyl halides is 2. The minimum atomic E-state index is -4.04. The lowest BCUT2D eigenvalue weighted by Gasteiger charge is -2.44. The summed E-state index contributed by atoms with van der Waals surface area (Å²) in [5.74, 6) is -7.76. The molecule has 2 rings (SSSR count). The van der Waals surface area contributed by atoms with Gasteiger partial charge in [0.15, 0.2) is 0 Å². The Kier molecular flexibility index (Phi) is 17.5. The van der Waals surface area contributed by atoms with Crippen LogP contribution >= 0.6 is 0 Å². The zero-order chi connectivity index (χ0) is 32.4. The molecule has 4 atom stereocenters. The molecule has 9 heteroatoms. The molecule has 0 unspecified atom stereocenters. The smallest absolute Gasteiger partial charge is 0.331 e. The third-order valence-corrected chi connectivity index (χ3v) is 7.51. The van der Waals surface area contributed by atoms with Gasteiger partial charge in [0, 0.05) is 25.4 Å². The Morgan fingerprint density at radius 3 is 1.89 bits per heavy atom. The van der Waals surface area contributed by atoms with Crippen LogP contribution in [0.5, 0.6) is 0 Å². The van der Waals surface area contributed by atoms with Gasteiger partial charge in [0.05, 0.1) is 12.7 Å². The van der Waals surface area contributed by atoms with Gasteiger partial charge in [-0.15, -0.1) is 0 Å². The van der Waals surface area contributed by atoms with E-state index >= 15 is 8.78 Å². The van der Waals surface area contributed by atoms with Crippen molar-refractivity contribution in [2.75, 3.05) is 26.4 Å². The summed E-state index contributed by atoms with van der Waals surface area (Å²) >= 11 is 0. The average molecular weight is 627 g/mol. The highest BCUT2D eigenvalue weighted by molar-refractivity contribution is 5.37. The number of aliphatic hydroxyl groups is 1. The van der Waals surface area contributed by atoms with Crippen molar-refractivity contribution >= 4 is 0 Å². The third kappa shape index (κ3) is 11.1. The lowest BCUT2D eigenvalue weighted by molar-refractivity contribution is -0.495. The largest absolute Gasteiger partial charge is 0.376 e. The molecule has 0 aliphatic carbocycles. The van der Waals surface area contributed by atoms with Crippen molar-refractivity contribution in [3.63, 3.8) is 0 Å². The SMILES string of the molecule is CCCCOO[C@](O)([C@H](OCCCC)[C@@H](OCCCC)[C@@H](C)OCCCC)C(F)(F)c1ccccc1Cc1ccc(F)cc1. The first kappa shape index (κ1) is 38.2. The third-order valence-electron chi connectivity index (χ3n) is 7.51. The predicted molar refractivity (Wildman–Crippen MR) is 166 cm³/mol. The van der Waals surface area contributed by atoms with Crippen molar-refractivity contribution in [1.82, 2.24) is 0 Å². The monoisotopic (exact) mass is 626 g/mol. The number of halogens is 3. The van der Waals surface area contributed by atoms with Crippen molar-refractivity contribution in [2.24, 2.45) is 0 Å². The van der Waals surface area contributed by atoms with Gasteiger partial charge in [-0.3, -0.25) is 0 Å². The van der Waals surface area contributed by atoms with Gasteiger partial charge in [0.25, 0.3) is 5.79 Å². The minimum absolute atomic E-state index is 0.00227. The maximum atomic E-state index is 17.1. The fraction of sp³-hybridized carbons (Fsp3) is 0.657. The highest BCUT2D eigenvalue weighted by Gasteiger charge is 2.65. The summed E-state index contributed by atoms with van der Waals surface area (Å²) in [5, 5.41) is 12.2. The minimum Gasteiger partial charge on any atom is -0.376 e. The number of hydrogen-bond donors (Lipinski definition) is 1. The van der Waals surface area contributed by atoms with E-state index in [1.807, 2.05) is 27.7 Å². The predicted octanol–water partition coefficient (Wildman–Crippen LogP) is 8.52. The average Bonchev–Trinajstić information content (AvgIpc) is 3.01. The van der Waals surface area contributed by atoms with Gasteiger partial charge in [-0.05, 0) is 62.3 Å². The Bertz CT molecular complexity index is 1040. The molecular weight excluding hydrogens is 573 g/mol. The molecule has 0 aliphatic rings. The molecule has 0 amide bonds.